The number of rotatable bonds is 2. The van der Waals surface area contributed by atoms with Gasteiger partial charge in [-0.2, -0.15) is 0 Å². The normalized spacial score (nSPS) is 34.5. The number of sulfonamides is 1. The molecule has 0 unspecified atom stereocenters. The first kappa shape index (κ1) is 17.8. The van der Waals surface area contributed by atoms with Crippen molar-refractivity contribution in [3.05, 3.63) is 41.5 Å². The molecule has 1 aliphatic heterocycles. The molecule has 26 heavy (non-hydrogen) atoms. The molecular formula is C21H27NO3S. The van der Waals surface area contributed by atoms with Crippen molar-refractivity contribution in [3.8, 4) is 0 Å². The summed E-state index contributed by atoms with van der Waals surface area (Å²) in [7, 11) is -3.57. The van der Waals surface area contributed by atoms with Crippen molar-refractivity contribution in [2.24, 2.45) is 16.7 Å². The average Bonchev–Trinajstić information content (AvgIpc) is 3.08. The Morgan fingerprint density at radius 1 is 1.15 bits per heavy atom. The van der Waals surface area contributed by atoms with Crippen molar-refractivity contribution in [3.63, 3.8) is 0 Å². The zero-order chi connectivity index (χ0) is 18.9. The van der Waals surface area contributed by atoms with Crippen molar-refractivity contribution >= 4 is 21.5 Å². The first-order valence-electron chi connectivity index (χ1n) is 9.41. The Kier molecular flexibility index (Phi) is 3.72. The van der Waals surface area contributed by atoms with E-state index < -0.39 is 10.0 Å². The van der Waals surface area contributed by atoms with E-state index in [1.807, 2.05) is 37.3 Å². The molecule has 1 heterocycles. The van der Waals surface area contributed by atoms with Crippen LogP contribution in [0.4, 0.5) is 0 Å². The highest BCUT2D eigenvalue weighted by atomic mass is 32.2. The van der Waals surface area contributed by atoms with Crippen molar-refractivity contribution in [2.45, 2.75) is 53.0 Å². The van der Waals surface area contributed by atoms with Crippen LogP contribution in [0, 0.1) is 16.7 Å². The second kappa shape index (κ2) is 5.44. The fraction of sp³-hybridized carbons (Fsp3) is 0.571. The van der Waals surface area contributed by atoms with E-state index in [4.69, 9.17) is 0 Å². The highest BCUT2D eigenvalue weighted by Gasteiger charge is 2.72. The van der Waals surface area contributed by atoms with Gasteiger partial charge in [-0.05, 0) is 55.6 Å². The van der Waals surface area contributed by atoms with Crippen molar-refractivity contribution < 1.29 is 13.2 Å². The number of carbonyl (C=O) groups is 1. The first-order chi connectivity index (χ1) is 12.1. The topological polar surface area (TPSA) is 54.5 Å². The molecule has 2 bridgehead atoms. The van der Waals surface area contributed by atoms with Crippen molar-refractivity contribution in [1.29, 1.82) is 0 Å². The molecular weight excluding hydrogens is 346 g/mol. The molecule has 2 saturated carbocycles. The Morgan fingerprint density at radius 2 is 1.81 bits per heavy atom. The van der Waals surface area contributed by atoms with Crippen LogP contribution in [-0.4, -0.2) is 30.4 Å². The van der Waals surface area contributed by atoms with Gasteiger partial charge < -0.3 is 0 Å². The predicted molar refractivity (Wildman–Crippen MR) is 103 cm³/mol. The minimum atomic E-state index is -3.57. The largest absolute Gasteiger partial charge is 0.268 e. The maximum Gasteiger partial charge on any atom is 0.263 e. The second-order valence-electron chi connectivity index (χ2n) is 8.84. The fourth-order valence-electron chi connectivity index (χ4n) is 5.79. The number of amides is 1. The van der Waals surface area contributed by atoms with Crippen LogP contribution in [-0.2, 0) is 14.8 Å². The number of carbonyl (C=O) groups excluding carboxylic acids is 1. The van der Waals surface area contributed by atoms with E-state index in [9.17, 15) is 13.2 Å². The van der Waals surface area contributed by atoms with Crippen LogP contribution in [0.2, 0.25) is 0 Å². The molecule has 4 rings (SSSR count). The van der Waals surface area contributed by atoms with Gasteiger partial charge in [-0.15, -0.1) is 0 Å². The molecule has 0 N–H and O–H groups in total. The van der Waals surface area contributed by atoms with Gasteiger partial charge in [0.15, 0.2) is 0 Å². The third-order valence-electron chi connectivity index (χ3n) is 7.70. The molecule has 3 fully saturated rings. The van der Waals surface area contributed by atoms with Crippen LogP contribution < -0.4 is 0 Å². The number of allylic oxidation sites excluding steroid dienone is 1. The van der Waals surface area contributed by atoms with Gasteiger partial charge in [0.05, 0.1) is 11.8 Å². The van der Waals surface area contributed by atoms with Crippen LogP contribution in [0.25, 0.3) is 5.57 Å². The molecule has 1 spiro atoms. The molecule has 0 aromatic heterocycles. The van der Waals surface area contributed by atoms with Gasteiger partial charge in [0.1, 0.15) is 0 Å². The van der Waals surface area contributed by atoms with E-state index in [1.165, 1.54) is 4.31 Å². The molecule has 1 amide bonds. The van der Waals surface area contributed by atoms with E-state index in [-0.39, 0.29) is 28.5 Å². The van der Waals surface area contributed by atoms with Crippen molar-refractivity contribution in [1.82, 2.24) is 4.31 Å². The minimum Gasteiger partial charge on any atom is -0.268 e. The Hall–Kier alpha value is -1.62. The summed E-state index contributed by atoms with van der Waals surface area (Å²) >= 11 is 0. The fourth-order valence-corrected chi connectivity index (χ4v) is 8.35. The van der Waals surface area contributed by atoms with Gasteiger partial charge in [-0.3, -0.25) is 4.79 Å². The number of nitrogens with zero attached hydrogens (tertiary/aromatic N) is 1. The van der Waals surface area contributed by atoms with E-state index in [1.54, 1.807) is 6.92 Å². The van der Waals surface area contributed by atoms with E-state index in [2.05, 4.69) is 13.8 Å². The SMILES string of the molecule is C/C(C(=O)N1[C@@H]2C[C@H]3CC[C@]2(CS1(=O)=O)C3(C)C)=C(/C)c1ccccc1. The van der Waals surface area contributed by atoms with E-state index >= 15 is 0 Å². The molecule has 2 aliphatic carbocycles. The molecule has 5 heteroatoms. The Labute approximate surface area is 156 Å². The zero-order valence-corrected chi connectivity index (χ0v) is 16.8. The summed E-state index contributed by atoms with van der Waals surface area (Å²) in [5.41, 5.74) is 2.03. The third kappa shape index (κ3) is 2.13. The Balaban J connectivity index is 1.75. The summed E-state index contributed by atoms with van der Waals surface area (Å²) < 4.78 is 27.3. The molecule has 1 saturated heterocycles. The quantitative estimate of drug-likeness (QED) is 0.740. The van der Waals surface area contributed by atoms with Crippen LogP contribution in [0.1, 0.15) is 52.5 Å². The van der Waals surface area contributed by atoms with E-state index in [0.29, 0.717) is 11.5 Å². The van der Waals surface area contributed by atoms with Crippen LogP contribution in [0.3, 0.4) is 0 Å². The van der Waals surface area contributed by atoms with Gasteiger partial charge in [0.2, 0.25) is 10.0 Å². The first-order valence-corrected chi connectivity index (χ1v) is 11.0. The number of hydrogen-bond donors (Lipinski definition) is 0. The minimum absolute atomic E-state index is 0.0220. The Bertz CT molecular complexity index is 900. The van der Waals surface area contributed by atoms with Gasteiger partial charge in [0, 0.05) is 11.0 Å². The maximum absolute atomic E-state index is 13.3. The lowest BCUT2D eigenvalue weighted by Gasteiger charge is -2.37. The standard InChI is InChI=1S/C21H27NO3S/c1-14(16-8-6-5-7-9-16)15(2)19(23)22-18-12-17-10-11-21(18,20(17,3)4)13-26(22,24)25/h5-9,17-18H,10-13H2,1-4H3/b15-14+/t17-,18-,21-/m1/s1. The third-order valence-corrected chi connectivity index (χ3v) is 9.60. The van der Waals surface area contributed by atoms with Gasteiger partial charge >= 0.3 is 0 Å². The summed E-state index contributed by atoms with van der Waals surface area (Å²) in [6.07, 6.45) is 2.81. The molecule has 0 radical (unpaired) electrons. The second-order valence-corrected chi connectivity index (χ2v) is 10.7. The smallest absolute Gasteiger partial charge is 0.263 e. The molecule has 140 valence electrons. The zero-order valence-electron chi connectivity index (χ0n) is 16.0. The lowest BCUT2D eigenvalue weighted by atomic mass is 9.69. The summed E-state index contributed by atoms with van der Waals surface area (Å²) in [6, 6.07) is 9.51. The lowest BCUT2D eigenvalue weighted by molar-refractivity contribution is -0.125. The highest BCUT2D eigenvalue weighted by Crippen LogP contribution is 2.70. The van der Waals surface area contributed by atoms with Crippen molar-refractivity contribution in [2.75, 3.05) is 5.75 Å². The lowest BCUT2D eigenvalue weighted by Crippen LogP contribution is -2.44. The van der Waals surface area contributed by atoms with Gasteiger partial charge in [-0.1, -0.05) is 44.2 Å². The van der Waals surface area contributed by atoms with Crippen LogP contribution >= 0.6 is 0 Å². The predicted octanol–water partition coefficient (Wildman–Crippen LogP) is 3.85. The highest BCUT2D eigenvalue weighted by molar-refractivity contribution is 7.90. The number of fused-ring (bicyclic) bond motifs is 1. The number of benzene rings is 1. The van der Waals surface area contributed by atoms with Crippen LogP contribution in [0.15, 0.2) is 35.9 Å². The van der Waals surface area contributed by atoms with E-state index in [0.717, 1.165) is 30.4 Å². The molecule has 1 aromatic carbocycles. The maximum atomic E-state index is 13.3. The average molecular weight is 374 g/mol. The molecule has 4 nitrogen and oxygen atoms in total. The molecule has 3 atom stereocenters. The monoisotopic (exact) mass is 373 g/mol. The number of hydrogen-bond acceptors (Lipinski definition) is 3. The summed E-state index contributed by atoms with van der Waals surface area (Å²) in [6.45, 7) is 8.05. The van der Waals surface area contributed by atoms with Gasteiger partial charge in [-0.25, -0.2) is 12.7 Å². The molecule has 3 aliphatic rings. The summed E-state index contributed by atoms with van der Waals surface area (Å²) in [5.74, 6) is 0.298. The Morgan fingerprint density at radius 3 is 2.42 bits per heavy atom. The summed E-state index contributed by atoms with van der Waals surface area (Å²) in [5, 5.41) is 0. The summed E-state index contributed by atoms with van der Waals surface area (Å²) in [4.78, 5) is 13.3. The van der Waals surface area contributed by atoms with Crippen LogP contribution in [0.5, 0.6) is 0 Å². The van der Waals surface area contributed by atoms with Gasteiger partial charge in [0.25, 0.3) is 5.91 Å². The molecule has 1 aromatic rings.